The molecule has 3 aromatic heterocycles. The van der Waals surface area contributed by atoms with Crippen molar-refractivity contribution in [1.29, 1.82) is 0 Å². The molecule has 8 nitrogen and oxygen atoms in total. The Morgan fingerprint density at radius 1 is 1.37 bits per heavy atom. The fourth-order valence-electron chi connectivity index (χ4n) is 1.56. The molecule has 0 amide bonds. The van der Waals surface area contributed by atoms with Gasteiger partial charge in [0.2, 0.25) is 5.13 Å². The predicted molar refractivity (Wildman–Crippen MR) is 68.1 cm³/mol. The smallest absolute Gasteiger partial charge is 0.349 e. The van der Waals surface area contributed by atoms with Crippen LogP contribution in [0, 0.1) is 0 Å². The second-order valence-corrected chi connectivity index (χ2v) is 4.56. The van der Waals surface area contributed by atoms with Gasteiger partial charge in [0.05, 0.1) is 24.9 Å². The molecule has 2 N–H and O–H groups in total. The molecule has 0 aliphatic rings. The summed E-state index contributed by atoms with van der Waals surface area (Å²) < 4.78 is 6.13. The number of esters is 1. The third-order valence-electron chi connectivity index (χ3n) is 2.46. The van der Waals surface area contributed by atoms with Crippen LogP contribution < -0.4 is 5.73 Å². The van der Waals surface area contributed by atoms with Crippen molar-refractivity contribution in [3.8, 4) is 5.13 Å². The van der Waals surface area contributed by atoms with Gasteiger partial charge in [-0.3, -0.25) is 0 Å². The van der Waals surface area contributed by atoms with Crippen LogP contribution in [0.15, 0.2) is 18.7 Å². The summed E-state index contributed by atoms with van der Waals surface area (Å²) in [7, 11) is 1.32. The van der Waals surface area contributed by atoms with Crippen molar-refractivity contribution in [1.82, 2.24) is 24.7 Å². The minimum atomic E-state index is -0.436. The fourth-order valence-corrected chi connectivity index (χ4v) is 2.35. The number of carbonyl (C=O) groups is 1. The average molecular weight is 276 g/mol. The van der Waals surface area contributed by atoms with E-state index in [0.717, 1.165) is 11.3 Å². The lowest BCUT2D eigenvalue weighted by atomic mass is 10.4. The largest absolute Gasteiger partial charge is 0.465 e. The number of hydrogen-bond donors (Lipinski definition) is 1. The Balaban J connectivity index is 2.12. The average Bonchev–Trinajstić information content (AvgIpc) is 3.04. The van der Waals surface area contributed by atoms with Gasteiger partial charge in [-0.2, -0.15) is 9.78 Å². The van der Waals surface area contributed by atoms with Crippen LogP contribution >= 0.6 is 11.3 Å². The van der Waals surface area contributed by atoms with Gasteiger partial charge in [-0.25, -0.2) is 19.7 Å². The number of nitrogens with two attached hydrogens (primary N) is 1. The number of hydrogen-bond acceptors (Lipinski definition) is 8. The molecule has 0 spiro atoms. The summed E-state index contributed by atoms with van der Waals surface area (Å²) in [5.74, 6) is -0.0876. The molecule has 0 radical (unpaired) electrons. The third kappa shape index (κ3) is 1.80. The van der Waals surface area contributed by atoms with Crippen LogP contribution in [0.25, 0.3) is 16.2 Å². The molecule has 9 heteroatoms. The summed E-state index contributed by atoms with van der Waals surface area (Å²) >= 11 is 1.16. The topological polar surface area (TPSA) is 109 Å². The zero-order valence-corrected chi connectivity index (χ0v) is 10.6. The van der Waals surface area contributed by atoms with Gasteiger partial charge in [-0.15, -0.1) is 0 Å². The van der Waals surface area contributed by atoms with Gasteiger partial charge < -0.3 is 10.5 Å². The summed E-state index contributed by atoms with van der Waals surface area (Å²) in [4.78, 5) is 23.9. The monoisotopic (exact) mass is 276 g/mol. The predicted octanol–water partition coefficient (Wildman–Crippen LogP) is 0.641. The minimum Gasteiger partial charge on any atom is -0.465 e. The van der Waals surface area contributed by atoms with Crippen molar-refractivity contribution >= 4 is 34.2 Å². The van der Waals surface area contributed by atoms with Crippen molar-refractivity contribution in [2.24, 2.45) is 0 Å². The van der Waals surface area contributed by atoms with E-state index in [-0.39, 0.29) is 0 Å². The van der Waals surface area contributed by atoms with Gasteiger partial charge in [0.1, 0.15) is 17.0 Å². The Hall–Kier alpha value is -2.55. The third-order valence-corrected chi connectivity index (χ3v) is 3.41. The van der Waals surface area contributed by atoms with Gasteiger partial charge in [0.15, 0.2) is 5.65 Å². The highest BCUT2D eigenvalue weighted by molar-refractivity contribution is 7.15. The van der Waals surface area contributed by atoms with Gasteiger partial charge >= 0.3 is 5.97 Å². The molecule has 0 atom stereocenters. The summed E-state index contributed by atoms with van der Waals surface area (Å²) in [5, 5.41) is 5.30. The second-order valence-electron chi connectivity index (χ2n) is 3.55. The van der Waals surface area contributed by atoms with E-state index < -0.39 is 5.97 Å². The number of anilines is 1. The summed E-state index contributed by atoms with van der Waals surface area (Å²) in [6, 6.07) is 0. The number of nitrogens with zero attached hydrogens (tertiary/aromatic N) is 5. The van der Waals surface area contributed by atoms with E-state index in [9.17, 15) is 4.79 Å². The normalized spacial score (nSPS) is 10.8. The quantitative estimate of drug-likeness (QED) is 0.684. The van der Waals surface area contributed by atoms with Crippen LogP contribution in [0.1, 0.15) is 9.67 Å². The highest BCUT2D eigenvalue weighted by Crippen LogP contribution is 2.23. The van der Waals surface area contributed by atoms with Gasteiger partial charge in [0, 0.05) is 0 Å². The maximum atomic E-state index is 11.4. The second kappa shape index (κ2) is 4.28. The molecular formula is C10H8N6O2S. The van der Waals surface area contributed by atoms with Crippen molar-refractivity contribution < 1.29 is 9.53 Å². The lowest BCUT2D eigenvalue weighted by molar-refractivity contribution is 0.0606. The van der Waals surface area contributed by atoms with E-state index in [1.807, 2.05) is 0 Å². The minimum absolute atomic E-state index is 0.348. The standard InChI is InChI=1S/C10H8N6O2S/c1-18-9(17)6-3-12-10(19-6)16-8-5(2-15-16)7(11)13-4-14-8/h2-4H,1H3,(H2,11,13,14). The molecule has 19 heavy (non-hydrogen) atoms. The van der Waals surface area contributed by atoms with Crippen LogP contribution in [-0.4, -0.2) is 37.8 Å². The number of thiazole rings is 1. The molecule has 96 valence electrons. The van der Waals surface area contributed by atoms with Crippen LogP contribution in [0.3, 0.4) is 0 Å². The first-order valence-electron chi connectivity index (χ1n) is 5.19. The van der Waals surface area contributed by atoms with E-state index in [2.05, 4.69) is 24.8 Å². The number of aromatic nitrogens is 5. The Morgan fingerprint density at radius 3 is 3.00 bits per heavy atom. The lowest BCUT2D eigenvalue weighted by Gasteiger charge is -1.97. The first-order valence-corrected chi connectivity index (χ1v) is 6.01. The van der Waals surface area contributed by atoms with Gasteiger partial charge in [-0.1, -0.05) is 11.3 Å². The highest BCUT2D eigenvalue weighted by atomic mass is 32.1. The number of ether oxygens (including phenoxy) is 1. The van der Waals surface area contributed by atoms with Crippen LogP contribution in [-0.2, 0) is 4.74 Å². The van der Waals surface area contributed by atoms with E-state index in [0.29, 0.717) is 26.9 Å². The van der Waals surface area contributed by atoms with Crippen molar-refractivity contribution in [2.45, 2.75) is 0 Å². The lowest BCUT2D eigenvalue weighted by Crippen LogP contribution is -1.98. The van der Waals surface area contributed by atoms with Crippen LogP contribution in [0.5, 0.6) is 0 Å². The Kier molecular flexibility index (Phi) is 2.60. The first kappa shape index (κ1) is 11.5. The molecule has 0 unspecified atom stereocenters. The van der Waals surface area contributed by atoms with Gasteiger partial charge in [0.25, 0.3) is 0 Å². The molecule has 0 saturated carbocycles. The SMILES string of the molecule is COC(=O)c1cnc(-n2ncc3c(N)ncnc32)s1. The van der Waals surface area contributed by atoms with E-state index in [4.69, 9.17) is 5.73 Å². The summed E-state index contributed by atoms with van der Waals surface area (Å²) in [6.45, 7) is 0. The van der Waals surface area contributed by atoms with E-state index in [1.54, 1.807) is 6.20 Å². The molecule has 0 saturated heterocycles. The maximum Gasteiger partial charge on any atom is 0.349 e. The summed E-state index contributed by atoms with van der Waals surface area (Å²) in [5.41, 5.74) is 6.27. The molecule has 0 fully saturated rings. The van der Waals surface area contributed by atoms with Crippen LogP contribution in [0.2, 0.25) is 0 Å². The first-order chi connectivity index (χ1) is 9.20. The van der Waals surface area contributed by atoms with E-state index >= 15 is 0 Å². The molecule has 0 bridgehead atoms. The highest BCUT2D eigenvalue weighted by Gasteiger charge is 2.15. The fraction of sp³-hybridized carbons (Fsp3) is 0.100. The van der Waals surface area contributed by atoms with Gasteiger partial charge in [-0.05, 0) is 0 Å². The molecule has 0 aliphatic heterocycles. The molecule has 0 aromatic carbocycles. The zero-order chi connectivity index (χ0) is 13.4. The zero-order valence-electron chi connectivity index (χ0n) is 9.77. The molecule has 0 aliphatic carbocycles. The summed E-state index contributed by atoms with van der Waals surface area (Å²) in [6.07, 6.45) is 4.35. The Bertz CT molecular complexity index is 764. The molecule has 3 heterocycles. The number of rotatable bonds is 2. The number of carbonyl (C=O) groups excluding carboxylic acids is 1. The number of fused-ring (bicyclic) bond motifs is 1. The maximum absolute atomic E-state index is 11.4. The Labute approximate surface area is 110 Å². The molecule has 3 aromatic rings. The van der Waals surface area contributed by atoms with Crippen molar-refractivity contribution in [2.75, 3.05) is 12.8 Å². The van der Waals surface area contributed by atoms with E-state index in [1.165, 1.54) is 24.3 Å². The number of nitrogen functional groups attached to an aromatic ring is 1. The molecular weight excluding hydrogens is 268 g/mol. The Morgan fingerprint density at radius 2 is 2.21 bits per heavy atom. The number of methoxy groups -OCH3 is 1. The molecule has 3 rings (SSSR count). The van der Waals surface area contributed by atoms with Crippen molar-refractivity contribution in [3.05, 3.63) is 23.6 Å². The van der Waals surface area contributed by atoms with Crippen LogP contribution in [0.4, 0.5) is 5.82 Å². The van der Waals surface area contributed by atoms with Crippen molar-refractivity contribution in [3.63, 3.8) is 0 Å².